The molecule has 0 aromatic heterocycles. The third-order valence-corrected chi connectivity index (χ3v) is 7.83. The fraction of sp³-hybridized carbons (Fsp3) is 0.391. The van der Waals surface area contributed by atoms with E-state index in [1.54, 1.807) is 11.2 Å². The van der Waals surface area contributed by atoms with Crippen molar-refractivity contribution in [2.24, 2.45) is 0 Å². The molecular weight excluding hydrogens is 461 g/mol. The van der Waals surface area contributed by atoms with E-state index in [0.717, 1.165) is 13.0 Å². The number of halogens is 3. The summed E-state index contributed by atoms with van der Waals surface area (Å²) in [5.41, 5.74) is -4.36. The quantitative estimate of drug-likeness (QED) is 0.120. The number of hydrogen-bond donors (Lipinski definition) is 0. The molecular formula is C23H27F3O4S2. The van der Waals surface area contributed by atoms with E-state index in [1.165, 1.54) is 47.1 Å². The molecule has 0 atom stereocenters. The highest BCUT2D eigenvalue weighted by atomic mass is 32.2. The first-order valence-corrected chi connectivity index (χ1v) is 13.3. The Kier molecular flexibility index (Phi) is 10.1. The lowest BCUT2D eigenvalue weighted by Crippen LogP contribution is -2.21. The predicted octanol–water partition coefficient (Wildman–Crippen LogP) is 6.01. The van der Waals surface area contributed by atoms with Gasteiger partial charge in [0.05, 0.1) is 12.9 Å². The van der Waals surface area contributed by atoms with Gasteiger partial charge in [0.15, 0.2) is 15.0 Å². The molecule has 0 aliphatic carbocycles. The molecule has 32 heavy (non-hydrogen) atoms. The fourth-order valence-corrected chi connectivity index (χ4v) is 5.62. The normalized spacial score (nSPS) is 15.4. The molecule has 0 bridgehead atoms. The lowest BCUT2D eigenvalue weighted by molar-refractivity contribution is -0.0517. The summed E-state index contributed by atoms with van der Waals surface area (Å²) in [6.07, 6.45) is 13.1. The second-order valence-corrected chi connectivity index (χ2v) is 10.7. The molecule has 0 spiro atoms. The zero-order valence-corrected chi connectivity index (χ0v) is 19.4. The zero-order chi connectivity index (χ0) is 23.6. The third-order valence-electron chi connectivity index (χ3n) is 4.72. The number of hydrogen-bond acceptors (Lipinski definition) is 4. The molecule has 0 radical (unpaired) electrons. The van der Waals surface area contributed by atoms with Crippen LogP contribution in [0.1, 0.15) is 38.2 Å². The maximum atomic E-state index is 10.7. The van der Waals surface area contributed by atoms with Crippen LogP contribution in [0.15, 0.2) is 59.7 Å². The van der Waals surface area contributed by atoms with Crippen LogP contribution in [-0.2, 0) is 25.7 Å². The molecule has 176 valence electrons. The van der Waals surface area contributed by atoms with Crippen molar-refractivity contribution in [2.75, 3.05) is 18.1 Å². The van der Waals surface area contributed by atoms with Crippen molar-refractivity contribution in [3.63, 3.8) is 0 Å². The van der Waals surface area contributed by atoms with Crippen LogP contribution in [-0.4, -0.2) is 36.6 Å². The molecule has 1 aliphatic heterocycles. The molecule has 1 fully saturated rings. The highest BCUT2D eigenvalue weighted by Crippen LogP contribution is 2.32. The number of unbranched alkanes of at least 4 members (excludes halogenated alkanes) is 1. The Morgan fingerprint density at radius 1 is 1.06 bits per heavy atom. The second-order valence-electron chi connectivity index (χ2n) is 7.12. The predicted molar refractivity (Wildman–Crippen MR) is 123 cm³/mol. The lowest BCUT2D eigenvalue weighted by atomic mass is 10.0. The summed E-state index contributed by atoms with van der Waals surface area (Å²) in [4.78, 5) is 1.57. The van der Waals surface area contributed by atoms with Crippen LogP contribution in [0.4, 0.5) is 13.2 Å². The van der Waals surface area contributed by atoms with Crippen molar-refractivity contribution in [1.82, 2.24) is 0 Å². The number of allylic oxidation sites excluding steroid dienone is 2. The average Bonchev–Trinajstić information content (AvgIpc) is 3.27. The van der Waals surface area contributed by atoms with Crippen molar-refractivity contribution < 1.29 is 30.9 Å². The van der Waals surface area contributed by atoms with Gasteiger partial charge in [0.1, 0.15) is 11.5 Å². The second kappa shape index (κ2) is 12.3. The number of benzene rings is 2. The lowest BCUT2D eigenvalue weighted by Gasteiger charge is -2.08. The molecule has 0 unspecified atom stereocenters. The molecule has 0 amide bonds. The standard InChI is InChI=1S/C22H27OS.CHF3O3S/c1-2-3-15-23-16-7-6-10-19-13-14-22(24-17-8-9-18-24)21-12-5-4-11-20(19)21;2-1(3,4)8(5,6)7/h4-7,10-14,16H,2-3,8-9,15,17-18H2,1H3;(H,5,6,7)/q+1;/p-1. The highest BCUT2D eigenvalue weighted by molar-refractivity contribution is 7.97. The van der Waals surface area contributed by atoms with Crippen molar-refractivity contribution in [1.29, 1.82) is 0 Å². The van der Waals surface area contributed by atoms with E-state index in [1.807, 2.05) is 6.08 Å². The van der Waals surface area contributed by atoms with Crippen LogP contribution in [0, 0.1) is 0 Å². The van der Waals surface area contributed by atoms with Gasteiger partial charge in [-0.15, -0.1) is 0 Å². The Balaban J connectivity index is 0.000000390. The topological polar surface area (TPSA) is 66.4 Å². The van der Waals surface area contributed by atoms with E-state index < -0.39 is 15.6 Å². The molecule has 3 rings (SSSR count). The van der Waals surface area contributed by atoms with Crippen LogP contribution in [0.2, 0.25) is 0 Å². The molecule has 1 heterocycles. The van der Waals surface area contributed by atoms with Crippen molar-refractivity contribution in [3.8, 4) is 0 Å². The van der Waals surface area contributed by atoms with Crippen LogP contribution in [0.5, 0.6) is 0 Å². The molecule has 1 aliphatic rings. The van der Waals surface area contributed by atoms with E-state index in [4.69, 9.17) is 17.7 Å². The zero-order valence-electron chi connectivity index (χ0n) is 17.8. The Hall–Kier alpha value is -1.97. The number of alkyl halides is 3. The highest BCUT2D eigenvalue weighted by Gasteiger charge is 2.37. The molecule has 2 aromatic carbocycles. The molecule has 9 heteroatoms. The Morgan fingerprint density at radius 2 is 1.69 bits per heavy atom. The molecule has 2 aromatic rings. The van der Waals surface area contributed by atoms with Crippen molar-refractivity contribution >= 4 is 37.9 Å². The summed E-state index contributed by atoms with van der Waals surface area (Å²) in [6.45, 7) is 2.98. The summed E-state index contributed by atoms with van der Waals surface area (Å²) in [5, 5.41) is 2.80. The monoisotopic (exact) mass is 488 g/mol. The minimum Gasteiger partial charge on any atom is -0.741 e. The number of ether oxygens (including phenoxy) is 1. The summed E-state index contributed by atoms with van der Waals surface area (Å²) >= 11 is 0. The summed E-state index contributed by atoms with van der Waals surface area (Å²) in [5.74, 6) is 2.74. The first-order chi connectivity index (χ1) is 15.1. The first kappa shape index (κ1) is 26.3. The largest absolute Gasteiger partial charge is 0.741 e. The first-order valence-electron chi connectivity index (χ1n) is 10.3. The van der Waals surface area contributed by atoms with Crippen LogP contribution in [0.3, 0.4) is 0 Å². The van der Waals surface area contributed by atoms with E-state index in [-0.39, 0.29) is 0 Å². The van der Waals surface area contributed by atoms with Crippen molar-refractivity contribution in [3.05, 3.63) is 60.4 Å². The van der Waals surface area contributed by atoms with Crippen LogP contribution < -0.4 is 0 Å². The Morgan fingerprint density at radius 3 is 2.28 bits per heavy atom. The van der Waals surface area contributed by atoms with Gasteiger partial charge in [-0.1, -0.05) is 43.7 Å². The van der Waals surface area contributed by atoms with Crippen LogP contribution >= 0.6 is 0 Å². The molecule has 0 saturated carbocycles. The van der Waals surface area contributed by atoms with Gasteiger partial charge >= 0.3 is 5.51 Å². The van der Waals surface area contributed by atoms with Gasteiger partial charge in [-0.3, -0.25) is 0 Å². The van der Waals surface area contributed by atoms with Gasteiger partial charge in [0, 0.05) is 16.3 Å². The van der Waals surface area contributed by atoms with Gasteiger partial charge in [-0.2, -0.15) is 13.2 Å². The Bertz CT molecular complexity index is 1030. The SMILES string of the molecule is CCCCOC=CC=Cc1ccc([S+]2CCCC2)c2ccccc12.O=S(=O)([O-])C(F)(F)F. The molecule has 4 nitrogen and oxygen atoms in total. The number of fused-ring (bicyclic) bond motifs is 1. The summed E-state index contributed by atoms with van der Waals surface area (Å²) in [7, 11) is -5.63. The smallest absolute Gasteiger partial charge is 0.485 e. The summed E-state index contributed by atoms with van der Waals surface area (Å²) < 4.78 is 64.4. The number of rotatable bonds is 7. The van der Waals surface area contributed by atoms with Crippen molar-refractivity contribution in [2.45, 2.75) is 43.0 Å². The van der Waals surface area contributed by atoms with E-state index in [9.17, 15) is 13.2 Å². The van der Waals surface area contributed by atoms with Gasteiger partial charge in [-0.25, -0.2) is 8.42 Å². The molecule has 0 N–H and O–H groups in total. The molecule has 1 saturated heterocycles. The van der Waals surface area contributed by atoms with Crippen LogP contribution in [0.25, 0.3) is 16.8 Å². The van der Waals surface area contributed by atoms with Gasteiger partial charge < -0.3 is 9.29 Å². The minimum absolute atomic E-state index is 0.456. The van der Waals surface area contributed by atoms with E-state index in [0.29, 0.717) is 10.9 Å². The minimum atomic E-state index is -6.09. The van der Waals surface area contributed by atoms with E-state index >= 15 is 0 Å². The maximum absolute atomic E-state index is 10.7. The Labute approximate surface area is 190 Å². The summed E-state index contributed by atoms with van der Waals surface area (Å²) in [6, 6.07) is 13.5. The third kappa shape index (κ3) is 7.86. The average molecular weight is 489 g/mol. The van der Waals surface area contributed by atoms with Gasteiger partial charge in [0.25, 0.3) is 0 Å². The fourth-order valence-electron chi connectivity index (χ4n) is 3.12. The van der Waals surface area contributed by atoms with E-state index in [2.05, 4.69) is 55.5 Å². The van der Waals surface area contributed by atoms with Gasteiger partial charge in [-0.05, 0) is 54.5 Å². The van der Waals surface area contributed by atoms with Gasteiger partial charge in [0.2, 0.25) is 0 Å². The maximum Gasteiger partial charge on any atom is 0.485 e.